The monoisotopic (exact) mass is 206 g/mol. The zero-order chi connectivity index (χ0) is 11.5. The Morgan fingerprint density at radius 1 is 1.40 bits per heavy atom. The van der Waals surface area contributed by atoms with Crippen LogP contribution >= 0.6 is 0 Å². The first-order valence-electron chi connectivity index (χ1n) is 5.54. The summed E-state index contributed by atoms with van der Waals surface area (Å²) in [6.45, 7) is 8.75. The number of rotatable bonds is 3. The third kappa shape index (κ3) is 4.43. The second-order valence-corrected chi connectivity index (χ2v) is 5.50. The van der Waals surface area contributed by atoms with Gasteiger partial charge in [0.2, 0.25) is 0 Å². The quantitative estimate of drug-likeness (QED) is 0.826. The van der Waals surface area contributed by atoms with Gasteiger partial charge in [-0.15, -0.1) is 0 Å². The predicted molar refractivity (Wildman–Crippen MR) is 64.7 cm³/mol. The van der Waals surface area contributed by atoms with Crippen molar-refractivity contribution in [2.45, 2.75) is 46.6 Å². The number of hydrogen-bond acceptors (Lipinski definition) is 2. The predicted octanol–water partition coefficient (Wildman–Crippen LogP) is 2.70. The molecule has 2 heteroatoms. The highest BCUT2D eigenvalue weighted by Crippen LogP contribution is 2.21. The van der Waals surface area contributed by atoms with Gasteiger partial charge in [0.15, 0.2) is 0 Å². The van der Waals surface area contributed by atoms with Crippen molar-refractivity contribution in [2.24, 2.45) is 11.1 Å². The SMILES string of the molecule is Cc1cccnc1CC(N)CC(C)(C)C. The van der Waals surface area contributed by atoms with E-state index in [2.05, 4.69) is 38.7 Å². The van der Waals surface area contributed by atoms with Crippen LogP contribution in [0.1, 0.15) is 38.4 Å². The van der Waals surface area contributed by atoms with Crippen LogP contribution in [0.3, 0.4) is 0 Å². The van der Waals surface area contributed by atoms with Gasteiger partial charge >= 0.3 is 0 Å². The Morgan fingerprint density at radius 2 is 2.07 bits per heavy atom. The van der Waals surface area contributed by atoms with Gasteiger partial charge in [-0.1, -0.05) is 26.8 Å². The van der Waals surface area contributed by atoms with E-state index < -0.39 is 0 Å². The summed E-state index contributed by atoms with van der Waals surface area (Å²) in [6, 6.07) is 4.26. The van der Waals surface area contributed by atoms with Gasteiger partial charge in [0.1, 0.15) is 0 Å². The molecule has 0 aliphatic heterocycles. The van der Waals surface area contributed by atoms with Gasteiger partial charge in [-0.25, -0.2) is 0 Å². The van der Waals surface area contributed by atoms with E-state index in [0.717, 1.165) is 18.5 Å². The van der Waals surface area contributed by atoms with Gasteiger partial charge in [-0.05, 0) is 30.4 Å². The Bertz CT molecular complexity index is 313. The van der Waals surface area contributed by atoms with Crippen molar-refractivity contribution < 1.29 is 0 Å². The molecule has 1 unspecified atom stereocenters. The molecular formula is C13H22N2. The summed E-state index contributed by atoms with van der Waals surface area (Å²) in [7, 11) is 0. The fourth-order valence-corrected chi connectivity index (χ4v) is 1.84. The van der Waals surface area contributed by atoms with Gasteiger partial charge in [-0.3, -0.25) is 4.98 Å². The second-order valence-electron chi connectivity index (χ2n) is 5.50. The van der Waals surface area contributed by atoms with Crippen molar-refractivity contribution in [2.75, 3.05) is 0 Å². The third-order valence-electron chi connectivity index (χ3n) is 2.45. The number of nitrogens with two attached hydrogens (primary N) is 1. The smallest absolute Gasteiger partial charge is 0.0448 e. The molecule has 0 radical (unpaired) electrons. The molecule has 0 saturated carbocycles. The third-order valence-corrected chi connectivity index (χ3v) is 2.45. The van der Waals surface area contributed by atoms with Crippen LogP contribution in [0.5, 0.6) is 0 Å². The zero-order valence-electron chi connectivity index (χ0n) is 10.2. The van der Waals surface area contributed by atoms with Gasteiger partial charge in [0, 0.05) is 24.4 Å². The number of aromatic nitrogens is 1. The molecule has 0 aliphatic carbocycles. The fraction of sp³-hybridized carbons (Fsp3) is 0.615. The summed E-state index contributed by atoms with van der Waals surface area (Å²) >= 11 is 0. The van der Waals surface area contributed by atoms with Gasteiger partial charge in [0.05, 0.1) is 0 Å². The molecule has 1 rings (SSSR count). The number of hydrogen-bond donors (Lipinski definition) is 1. The maximum Gasteiger partial charge on any atom is 0.0448 e. The lowest BCUT2D eigenvalue weighted by atomic mass is 9.86. The van der Waals surface area contributed by atoms with Crippen LogP contribution in [-0.2, 0) is 6.42 Å². The van der Waals surface area contributed by atoms with Crippen LogP contribution in [-0.4, -0.2) is 11.0 Å². The normalized spacial score (nSPS) is 13.9. The highest BCUT2D eigenvalue weighted by atomic mass is 14.7. The highest BCUT2D eigenvalue weighted by molar-refractivity contribution is 5.18. The molecule has 1 aromatic rings. The van der Waals surface area contributed by atoms with Crippen LogP contribution in [0.4, 0.5) is 0 Å². The Labute approximate surface area is 92.9 Å². The molecule has 0 saturated heterocycles. The van der Waals surface area contributed by atoms with E-state index >= 15 is 0 Å². The molecule has 1 aromatic heterocycles. The van der Waals surface area contributed by atoms with Crippen molar-refractivity contribution in [1.82, 2.24) is 4.98 Å². The first-order chi connectivity index (χ1) is 6.88. The zero-order valence-corrected chi connectivity index (χ0v) is 10.2. The molecule has 1 heterocycles. The average molecular weight is 206 g/mol. The van der Waals surface area contributed by atoms with E-state index in [-0.39, 0.29) is 6.04 Å². The Balaban J connectivity index is 2.59. The Morgan fingerprint density at radius 3 is 2.60 bits per heavy atom. The van der Waals surface area contributed by atoms with Crippen LogP contribution in [0.15, 0.2) is 18.3 Å². The standard InChI is InChI=1S/C13H22N2/c1-10-6-5-7-15-12(10)8-11(14)9-13(2,3)4/h5-7,11H,8-9,14H2,1-4H3. The molecular weight excluding hydrogens is 184 g/mol. The molecule has 84 valence electrons. The van der Waals surface area contributed by atoms with E-state index in [9.17, 15) is 0 Å². The van der Waals surface area contributed by atoms with Crippen molar-refractivity contribution in [3.05, 3.63) is 29.6 Å². The molecule has 0 aromatic carbocycles. The minimum Gasteiger partial charge on any atom is -0.327 e. The van der Waals surface area contributed by atoms with E-state index in [4.69, 9.17) is 5.73 Å². The van der Waals surface area contributed by atoms with Gasteiger partial charge in [-0.2, -0.15) is 0 Å². The minimum atomic E-state index is 0.207. The Hall–Kier alpha value is -0.890. The average Bonchev–Trinajstić information content (AvgIpc) is 2.05. The molecule has 1 atom stereocenters. The molecule has 0 amide bonds. The topological polar surface area (TPSA) is 38.9 Å². The van der Waals surface area contributed by atoms with Crippen LogP contribution < -0.4 is 5.73 Å². The maximum absolute atomic E-state index is 6.12. The van der Waals surface area contributed by atoms with Gasteiger partial charge in [0.25, 0.3) is 0 Å². The molecule has 2 nitrogen and oxygen atoms in total. The lowest BCUT2D eigenvalue weighted by Crippen LogP contribution is -2.29. The lowest BCUT2D eigenvalue weighted by Gasteiger charge is -2.23. The first kappa shape index (κ1) is 12.2. The molecule has 0 fully saturated rings. The van der Waals surface area contributed by atoms with E-state index in [1.165, 1.54) is 5.56 Å². The number of nitrogens with zero attached hydrogens (tertiary/aromatic N) is 1. The molecule has 15 heavy (non-hydrogen) atoms. The second kappa shape index (κ2) is 4.75. The lowest BCUT2D eigenvalue weighted by molar-refractivity contribution is 0.337. The van der Waals surface area contributed by atoms with Crippen molar-refractivity contribution in [1.29, 1.82) is 0 Å². The van der Waals surface area contributed by atoms with E-state index in [1.807, 2.05) is 12.3 Å². The first-order valence-corrected chi connectivity index (χ1v) is 5.54. The minimum absolute atomic E-state index is 0.207. The van der Waals surface area contributed by atoms with Crippen molar-refractivity contribution in [3.8, 4) is 0 Å². The molecule has 0 bridgehead atoms. The Kier molecular flexibility index (Phi) is 3.86. The summed E-state index contributed by atoms with van der Waals surface area (Å²) in [4.78, 5) is 4.37. The van der Waals surface area contributed by atoms with Crippen LogP contribution in [0.2, 0.25) is 0 Å². The number of pyridine rings is 1. The summed E-state index contributed by atoms with van der Waals surface area (Å²) < 4.78 is 0. The van der Waals surface area contributed by atoms with E-state index in [1.54, 1.807) is 0 Å². The summed E-state index contributed by atoms with van der Waals surface area (Å²) in [5.41, 5.74) is 8.79. The van der Waals surface area contributed by atoms with Crippen LogP contribution in [0.25, 0.3) is 0 Å². The fourth-order valence-electron chi connectivity index (χ4n) is 1.84. The van der Waals surface area contributed by atoms with Gasteiger partial charge < -0.3 is 5.73 Å². The van der Waals surface area contributed by atoms with Crippen molar-refractivity contribution >= 4 is 0 Å². The number of aryl methyl sites for hydroxylation is 1. The summed E-state index contributed by atoms with van der Waals surface area (Å²) in [6.07, 6.45) is 3.75. The maximum atomic E-state index is 6.12. The summed E-state index contributed by atoms with van der Waals surface area (Å²) in [5.74, 6) is 0. The summed E-state index contributed by atoms with van der Waals surface area (Å²) in [5, 5.41) is 0. The molecule has 0 spiro atoms. The molecule has 0 aliphatic rings. The van der Waals surface area contributed by atoms with E-state index in [0.29, 0.717) is 5.41 Å². The van der Waals surface area contributed by atoms with Crippen molar-refractivity contribution in [3.63, 3.8) is 0 Å². The largest absolute Gasteiger partial charge is 0.327 e. The highest BCUT2D eigenvalue weighted by Gasteiger charge is 2.16. The molecule has 2 N–H and O–H groups in total. The van der Waals surface area contributed by atoms with Crippen LogP contribution in [0, 0.1) is 12.3 Å².